The van der Waals surface area contributed by atoms with Crippen molar-refractivity contribution in [2.24, 2.45) is 0 Å². The molecule has 2 aromatic rings. The van der Waals surface area contributed by atoms with E-state index in [0.29, 0.717) is 36.9 Å². The SMILES string of the molecule is CCOC(=O)c1c(Br)c(-c2ccc(CO)c(CO)c2CO)c(Br)n1CC#N. The zero-order chi connectivity index (χ0) is 20.1. The lowest BCUT2D eigenvalue weighted by molar-refractivity contribution is 0.0513. The maximum absolute atomic E-state index is 12.4. The first-order valence-electron chi connectivity index (χ1n) is 8.04. The minimum absolute atomic E-state index is 0.0939. The molecule has 0 radical (unpaired) electrons. The molecule has 2 rings (SSSR count). The lowest BCUT2D eigenvalue weighted by atomic mass is 9.93. The van der Waals surface area contributed by atoms with Crippen LogP contribution in [0.2, 0.25) is 0 Å². The van der Waals surface area contributed by atoms with Crippen molar-refractivity contribution in [2.75, 3.05) is 6.61 Å². The average molecular weight is 502 g/mol. The van der Waals surface area contributed by atoms with Crippen LogP contribution in [0, 0.1) is 11.3 Å². The third-order valence-electron chi connectivity index (χ3n) is 4.12. The van der Waals surface area contributed by atoms with Crippen molar-refractivity contribution in [1.82, 2.24) is 4.57 Å². The summed E-state index contributed by atoms with van der Waals surface area (Å²) < 4.78 is 7.42. The van der Waals surface area contributed by atoms with E-state index in [2.05, 4.69) is 31.9 Å². The van der Waals surface area contributed by atoms with E-state index >= 15 is 0 Å². The van der Waals surface area contributed by atoms with E-state index in [1.165, 1.54) is 4.57 Å². The van der Waals surface area contributed by atoms with Crippen molar-refractivity contribution in [3.63, 3.8) is 0 Å². The maximum atomic E-state index is 12.4. The first kappa shape index (κ1) is 21.6. The van der Waals surface area contributed by atoms with Gasteiger partial charge in [-0.3, -0.25) is 0 Å². The topological polar surface area (TPSA) is 116 Å². The summed E-state index contributed by atoms with van der Waals surface area (Å²) in [5.74, 6) is -0.591. The molecule has 0 saturated carbocycles. The molecule has 1 aromatic heterocycles. The highest BCUT2D eigenvalue weighted by atomic mass is 79.9. The Bertz CT molecular complexity index is 902. The molecule has 0 unspecified atom stereocenters. The molecule has 0 aliphatic carbocycles. The molecule has 7 nitrogen and oxygen atoms in total. The smallest absolute Gasteiger partial charge is 0.356 e. The van der Waals surface area contributed by atoms with Gasteiger partial charge in [0.1, 0.15) is 12.2 Å². The molecule has 9 heteroatoms. The van der Waals surface area contributed by atoms with Gasteiger partial charge in [-0.2, -0.15) is 5.26 Å². The number of hydrogen-bond donors (Lipinski definition) is 3. The Kier molecular flexibility index (Phi) is 7.59. The number of halogens is 2. The lowest BCUT2D eigenvalue weighted by Crippen LogP contribution is -2.12. The molecule has 0 aliphatic rings. The van der Waals surface area contributed by atoms with E-state index in [9.17, 15) is 20.1 Å². The van der Waals surface area contributed by atoms with Crippen molar-refractivity contribution in [3.8, 4) is 17.2 Å². The fourth-order valence-electron chi connectivity index (χ4n) is 2.91. The number of esters is 1. The Balaban J connectivity index is 2.82. The Morgan fingerprint density at radius 1 is 1.19 bits per heavy atom. The van der Waals surface area contributed by atoms with Crippen LogP contribution in [0.25, 0.3) is 11.1 Å². The predicted octanol–water partition coefficient (Wildman–Crippen LogP) is 2.86. The normalized spacial score (nSPS) is 10.7. The Labute approximate surface area is 173 Å². The summed E-state index contributed by atoms with van der Waals surface area (Å²) >= 11 is 6.86. The standard InChI is InChI=1S/C18H18Br2N2O5/c1-2-27-18(26)16-15(19)14(17(20)22(16)6-5-21)11-4-3-10(7-23)12(8-24)13(11)9-25/h3-4,23-25H,2,6-9H2,1H3. The Morgan fingerprint density at radius 3 is 2.37 bits per heavy atom. The average Bonchev–Trinajstić information content (AvgIpc) is 2.90. The van der Waals surface area contributed by atoms with E-state index in [4.69, 9.17) is 10.00 Å². The second-order valence-corrected chi connectivity index (χ2v) is 7.04. The van der Waals surface area contributed by atoms with E-state index in [-0.39, 0.29) is 38.7 Å². The fourth-order valence-corrected chi connectivity index (χ4v) is 4.67. The molecule has 144 valence electrons. The molecule has 0 aliphatic heterocycles. The minimum Gasteiger partial charge on any atom is -0.461 e. The highest BCUT2D eigenvalue weighted by Gasteiger charge is 2.28. The van der Waals surface area contributed by atoms with Crippen LogP contribution in [-0.2, 0) is 31.1 Å². The van der Waals surface area contributed by atoms with Crippen LogP contribution in [0.3, 0.4) is 0 Å². The number of carbonyl (C=O) groups excluding carboxylic acids is 1. The van der Waals surface area contributed by atoms with Crippen molar-refractivity contribution in [3.05, 3.63) is 43.6 Å². The van der Waals surface area contributed by atoms with Crippen molar-refractivity contribution in [1.29, 1.82) is 5.26 Å². The third kappa shape index (κ3) is 3.95. The molecule has 3 N–H and O–H groups in total. The van der Waals surface area contributed by atoms with Crippen molar-refractivity contribution >= 4 is 37.8 Å². The number of hydrogen-bond acceptors (Lipinski definition) is 6. The van der Waals surface area contributed by atoms with Gasteiger partial charge in [0.25, 0.3) is 0 Å². The first-order chi connectivity index (χ1) is 13.0. The Morgan fingerprint density at radius 2 is 1.85 bits per heavy atom. The summed E-state index contributed by atoms with van der Waals surface area (Å²) in [6, 6.07) is 5.34. The molecule has 0 amide bonds. The van der Waals surface area contributed by atoms with Gasteiger partial charge in [0.15, 0.2) is 0 Å². The zero-order valence-corrected chi connectivity index (χ0v) is 17.7. The van der Waals surface area contributed by atoms with Crippen LogP contribution in [0.1, 0.15) is 34.1 Å². The molecule has 1 aromatic carbocycles. The van der Waals surface area contributed by atoms with E-state index in [1.54, 1.807) is 19.1 Å². The van der Waals surface area contributed by atoms with E-state index in [1.807, 2.05) is 6.07 Å². The summed E-state index contributed by atoms with van der Waals surface area (Å²) in [7, 11) is 0. The number of benzene rings is 1. The molecule has 0 atom stereocenters. The first-order valence-corrected chi connectivity index (χ1v) is 9.63. The third-order valence-corrected chi connectivity index (χ3v) is 5.72. The van der Waals surface area contributed by atoms with Gasteiger partial charge in [0.05, 0.1) is 41.6 Å². The number of rotatable bonds is 7. The van der Waals surface area contributed by atoms with Crippen LogP contribution in [-0.4, -0.2) is 32.5 Å². The molecule has 0 spiro atoms. The number of aromatic nitrogens is 1. The number of nitrogens with zero attached hydrogens (tertiary/aromatic N) is 2. The lowest BCUT2D eigenvalue weighted by Gasteiger charge is -2.15. The number of aliphatic hydroxyl groups is 3. The van der Waals surface area contributed by atoms with E-state index < -0.39 is 5.97 Å². The quantitative estimate of drug-likeness (QED) is 0.502. The number of carbonyl (C=O) groups is 1. The summed E-state index contributed by atoms with van der Waals surface area (Å²) in [6.45, 7) is 0.745. The molecular weight excluding hydrogens is 484 g/mol. The molecule has 0 bridgehead atoms. The van der Waals surface area contributed by atoms with Gasteiger partial charge in [-0.25, -0.2) is 4.79 Å². The van der Waals surface area contributed by atoms with Gasteiger partial charge in [-0.05, 0) is 61.0 Å². The number of aliphatic hydroxyl groups excluding tert-OH is 3. The summed E-state index contributed by atoms with van der Waals surface area (Å²) in [4.78, 5) is 12.4. The van der Waals surface area contributed by atoms with Gasteiger partial charge in [0.2, 0.25) is 0 Å². The number of nitriles is 1. The van der Waals surface area contributed by atoms with Crippen LogP contribution in [0.5, 0.6) is 0 Å². The summed E-state index contributed by atoms with van der Waals surface area (Å²) in [5, 5.41) is 38.2. The zero-order valence-electron chi connectivity index (χ0n) is 14.5. The molecule has 27 heavy (non-hydrogen) atoms. The molecule has 0 fully saturated rings. The molecule has 1 heterocycles. The molecule has 0 saturated heterocycles. The number of ether oxygens (including phenoxy) is 1. The Hall–Kier alpha value is -1.70. The highest BCUT2D eigenvalue weighted by molar-refractivity contribution is 9.11. The summed E-state index contributed by atoms with van der Waals surface area (Å²) in [5.41, 5.74) is 2.61. The monoisotopic (exact) mass is 500 g/mol. The van der Waals surface area contributed by atoms with Gasteiger partial charge in [-0.15, -0.1) is 0 Å². The minimum atomic E-state index is -0.591. The van der Waals surface area contributed by atoms with Crippen molar-refractivity contribution < 1.29 is 24.9 Å². The molecular formula is C18H18Br2N2O5. The largest absolute Gasteiger partial charge is 0.461 e. The van der Waals surface area contributed by atoms with Crippen LogP contribution < -0.4 is 0 Å². The van der Waals surface area contributed by atoms with Gasteiger partial charge in [0, 0.05) is 5.56 Å². The highest BCUT2D eigenvalue weighted by Crippen LogP contribution is 2.43. The second kappa shape index (κ2) is 9.48. The van der Waals surface area contributed by atoms with Gasteiger partial charge >= 0.3 is 5.97 Å². The predicted molar refractivity (Wildman–Crippen MR) is 105 cm³/mol. The fraction of sp³-hybridized carbons (Fsp3) is 0.333. The van der Waals surface area contributed by atoms with E-state index in [0.717, 1.165) is 0 Å². The maximum Gasteiger partial charge on any atom is 0.356 e. The van der Waals surface area contributed by atoms with Gasteiger partial charge < -0.3 is 24.6 Å². The van der Waals surface area contributed by atoms with Crippen molar-refractivity contribution in [2.45, 2.75) is 33.3 Å². The summed E-state index contributed by atoms with van der Waals surface area (Å²) in [6.07, 6.45) is 0. The van der Waals surface area contributed by atoms with Crippen LogP contribution in [0.4, 0.5) is 0 Å². The van der Waals surface area contributed by atoms with Crippen LogP contribution in [0.15, 0.2) is 21.2 Å². The van der Waals surface area contributed by atoms with Crippen LogP contribution >= 0.6 is 31.9 Å². The second-order valence-electron chi connectivity index (χ2n) is 5.50. The van der Waals surface area contributed by atoms with Gasteiger partial charge in [-0.1, -0.05) is 12.1 Å².